The van der Waals surface area contributed by atoms with Gasteiger partial charge in [-0.05, 0) is 60.4 Å². The largest absolute Gasteiger partial charge is 0.467 e. The molecule has 4 aromatic rings. The van der Waals surface area contributed by atoms with Crippen LogP contribution in [0.5, 0.6) is 0 Å². The number of allylic oxidation sites excluding steroid dienone is 1. The topological polar surface area (TPSA) is 67.3 Å². The Morgan fingerprint density at radius 2 is 2.13 bits per heavy atom. The number of thiocarbonyl (C=S) groups is 1. The summed E-state index contributed by atoms with van der Waals surface area (Å²) in [4.78, 5) is 7.61. The fourth-order valence-electron chi connectivity index (χ4n) is 3.58. The molecule has 1 aromatic carbocycles. The van der Waals surface area contributed by atoms with Gasteiger partial charge in [0.05, 0.1) is 29.3 Å². The lowest BCUT2D eigenvalue weighted by Crippen LogP contribution is -2.45. The van der Waals surface area contributed by atoms with Gasteiger partial charge in [0.25, 0.3) is 5.89 Å². The summed E-state index contributed by atoms with van der Waals surface area (Å²) in [5, 5.41) is 10.8. The monoisotopic (exact) mass is 468 g/mol. The van der Waals surface area contributed by atoms with E-state index < -0.39 is 0 Å². The molecular weight excluding hydrogens is 452 g/mol. The molecular formula is C22H17ClN4O2S2. The standard InChI is InChI=1S/C22H17ClN4O2S2/c1-13-18(21-25-20(26-29-21)17-8-4-10-31-17)19(14-5-2-6-15(23)11-14)24-22(30)27(13)12-16-7-3-9-28-16/h2-11,19H,12H2,1H3,(H,24,30). The Hall–Kier alpha value is -2.94. The Morgan fingerprint density at radius 3 is 2.87 bits per heavy atom. The molecule has 1 aliphatic rings. The fourth-order valence-corrected chi connectivity index (χ4v) is 4.75. The van der Waals surface area contributed by atoms with Gasteiger partial charge in [-0.2, -0.15) is 4.98 Å². The number of thiophene rings is 1. The van der Waals surface area contributed by atoms with Gasteiger partial charge in [-0.25, -0.2) is 0 Å². The number of hydrogen-bond acceptors (Lipinski definition) is 6. The SMILES string of the molecule is CC1=C(c2nc(-c3cccs3)no2)C(c2cccc(Cl)c2)NC(=S)N1Cc1ccco1. The quantitative estimate of drug-likeness (QED) is 0.365. The first-order chi connectivity index (χ1) is 15.1. The lowest BCUT2D eigenvalue weighted by atomic mass is 9.95. The molecule has 6 nitrogen and oxygen atoms in total. The Balaban J connectivity index is 1.62. The normalized spacial score (nSPS) is 16.6. The second kappa shape index (κ2) is 8.30. The number of benzene rings is 1. The summed E-state index contributed by atoms with van der Waals surface area (Å²) < 4.78 is 11.3. The van der Waals surface area contributed by atoms with Crippen molar-refractivity contribution in [2.75, 3.05) is 0 Å². The van der Waals surface area contributed by atoms with E-state index in [1.54, 1.807) is 17.6 Å². The fraction of sp³-hybridized carbons (Fsp3) is 0.136. The van der Waals surface area contributed by atoms with Gasteiger partial charge in [-0.15, -0.1) is 11.3 Å². The molecule has 0 spiro atoms. The van der Waals surface area contributed by atoms with Crippen molar-refractivity contribution in [1.29, 1.82) is 0 Å². The van der Waals surface area contributed by atoms with Gasteiger partial charge in [-0.1, -0.05) is 35.0 Å². The minimum absolute atomic E-state index is 0.282. The van der Waals surface area contributed by atoms with Crippen molar-refractivity contribution in [2.24, 2.45) is 0 Å². The minimum Gasteiger partial charge on any atom is -0.467 e. The maximum Gasteiger partial charge on any atom is 0.258 e. The van der Waals surface area contributed by atoms with Crippen LogP contribution in [-0.4, -0.2) is 20.2 Å². The maximum atomic E-state index is 6.28. The minimum atomic E-state index is -0.282. The third kappa shape index (κ3) is 3.89. The lowest BCUT2D eigenvalue weighted by molar-refractivity contribution is 0.383. The van der Waals surface area contributed by atoms with E-state index in [2.05, 4.69) is 15.5 Å². The summed E-state index contributed by atoms with van der Waals surface area (Å²) in [7, 11) is 0. The summed E-state index contributed by atoms with van der Waals surface area (Å²) in [5.74, 6) is 1.79. The van der Waals surface area contributed by atoms with Crippen molar-refractivity contribution in [2.45, 2.75) is 19.5 Å². The van der Waals surface area contributed by atoms with E-state index in [4.69, 9.17) is 32.8 Å². The third-order valence-corrected chi connectivity index (χ3v) is 6.51. The molecule has 5 rings (SSSR count). The van der Waals surface area contributed by atoms with E-state index in [0.717, 1.165) is 27.5 Å². The van der Waals surface area contributed by atoms with Gasteiger partial charge in [0.1, 0.15) is 5.76 Å². The molecule has 0 radical (unpaired) electrons. The molecule has 0 fully saturated rings. The zero-order valence-corrected chi connectivity index (χ0v) is 18.8. The molecule has 1 atom stereocenters. The van der Waals surface area contributed by atoms with E-state index in [9.17, 15) is 0 Å². The second-order valence-corrected chi connectivity index (χ2v) is 8.77. The number of halogens is 1. The van der Waals surface area contributed by atoms with Crippen LogP contribution in [0.4, 0.5) is 0 Å². The zero-order valence-electron chi connectivity index (χ0n) is 16.4. The molecule has 0 bridgehead atoms. The van der Waals surface area contributed by atoms with Crippen molar-refractivity contribution in [3.63, 3.8) is 0 Å². The predicted molar refractivity (Wildman–Crippen MR) is 124 cm³/mol. The summed E-state index contributed by atoms with van der Waals surface area (Å²) in [5.41, 5.74) is 2.71. The van der Waals surface area contributed by atoms with Gasteiger partial charge in [-0.3, -0.25) is 0 Å². The van der Waals surface area contributed by atoms with Crippen LogP contribution in [0.2, 0.25) is 5.02 Å². The molecule has 1 N–H and O–H groups in total. The number of hydrogen-bond donors (Lipinski definition) is 1. The molecule has 0 saturated carbocycles. The van der Waals surface area contributed by atoms with Crippen LogP contribution in [0.25, 0.3) is 16.3 Å². The van der Waals surface area contributed by atoms with Gasteiger partial charge >= 0.3 is 0 Å². The van der Waals surface area contributed by atoms with Crippen molar-refractivity contribution in [1.82, 2.24) is 20.4 Å². The molecule has 4 heterocycles. The van der Waals surface area contributed by atoms with Crippen LogP contribution < -0.4 is 5.32 Å². The Morgan fingerprint density at radius 1 is 1.23 bits per heavy atom. The number of nitrogens with one attached hydrogen (secondary N) is 1. The first-order valence-corrected chi connectivity index (χ1v) is 11.2. The third-order valence-electron chi connectivity index (χ3n) is 5.07. The number of aromatic nitrogens is 2. The molecule has 9 heteroatoms. The molecule has 1 aliphatic heterocycles. The van der Waals surface area contributed by atoms with Gasteiger partial charge in [0, 0.05) is 10.7 Å². The van der Waals surface area contributed by atoms with Crippen molar-refractivity contribution >= 4 is 45.8 Å². The van der Waals surface area contributed by atoms with Crippen LogP contribution in [0.15, 0.2) is 74.8 Å². The second-order valence-electron chi connectivity index (χ2n) is 7.00. The number of furan rings is 1. The van der Waals surface area contributed by atoms with Crippen LogP contribution >= 0.6 is 35.2 Å². The average molecular weight is 469 g/mol. The highest BCUT2D eigenvalue weighted by Crippen LogP contribution is 2.38. The Labute approximate surface area is 193 Å². The highest BCUT2D eigenvalue weighted by molar-refractivity contribution is 7.80. The average Bonchev–Trinajstić information content (AvgIpc) is 3.53. The maximum absolute atomic E-state index is 6.28. The molecule has 0 amide bonds. The molecule has 3 aromatic heterocycles. The first kappa shape index (κ1) is 20.0. The highest BCUT2D eigenvalue weighted by atomic mass is 35.5. The Bertz CT molecular complexity index is 1250. The van der Waals surface area contributed by atoms with Crippen LogP contribution in [0.3, 0.4) is 0 Å². The van der Waals surface area contributed by atoms with E-state index in [1.165, 1.54) is 0 Å². The smallest absolute Gasteiger partial charge is 0.258 e. The zero-order chi connectivity index (χ0) is 21.4. The molecule has 31 heavy (non-hydrogen) atoms. The van der Waals surface area contributed by atoms with Gasteiger partial charge < -0.3 is 19.2 Å². The van der Waals surface area contributed by atoms with E-state index in [0.29, 0.717) is 28.4 Å². The molecule has 0 saturated heterocycles. The van der Waals surface area contributed by atoms with Crippen molar-refractivity contribution in [3.05, 3.63) is 88.1 Å². The van der Waals surface area contributed by atoms with Gasteiger partial charge in [0.2, 0.25) is 5.82 Å². The van der Waals surface area contributed by atoms with Gasteiger partial charge in [0.15, 0.2) is 5.11 Å². The number of nitrogens with zero attached hydrogens (tertiary/aromatic N) is 3. The van der Waals surface area contributed by atoms with E-state index >= 15 is 0 Å². The lowest BCUT2D eigenvalue weighted by Gasteiger charge is -2.37. The van der Waals surface area contributed by atoms with Crippen molar-refractivity contribution in [3.8, 4) is 10.7 Å². The van der Waals surface area contributed by atoms with E-state index in [1.807, 2.05) is 65.7 Å². The highest BCUT2D eigenvalue weighted by Gasteiger charge is 2.34. The summed E-state index contributed by atoms with van der Waals surface area (Å²) in [6, 6.07) is 15.1. The summed E-state index contributed by atoms with van der Waals surface area (Å²) in [6.07, 6.45) is 1.65. The molecule has 156 valence electrons. The van der Waals surface area contributed by atoms with E-state index in [-0.39, 0.29) is 6.04 Å². The number of rotatable bonds is 5. The predicted octanol–water partition coefficient (Wildman–Crippen LogP) is 5.91. The van der Waals surface area contributed by atoms with Crippen molar-refractivity contribution < 1.29 is 8.94 Å². The summed E-state index contributed by atoms with van der Waals surface area (Å²) in [6.45, 7) is 2.49. The van der Waals surface area contributed by atoms with Crippen LogP contribution in [0, 0.1) is 0 Å². The Kier molecular flexibility index (Phi) is 5.35. The van der Waals surface area contributed by atoms with Crippen LogP contribution in [0.1, 0.15) is 30.2 Å². The summed E-state index contributed by atoms with van der Waals surface area (Å²) >= 11 is 13.5. The van der Waals surface area contributed by atoms with Crippen LogP contribution in [-0.2, 0) is 6.54 Å². The molecule has 0 aliphatic carbocycles. The molecule has 1 unspecified atom stereocenters. The first-order valence-electron chi connectivity index (χ1n) is 9.55.